The Morgan fingerprint density at radius 3 is 2.57 bits per heavy atom. The highest BCUT2D eigenvalue weighted by atomic mass is 16.1. The van der Waals surface area contributed by atoms with E-state index >= 15 is 0 Å². The predicted octanol–water partition coefficient (Wildman–Crippen LogP) is 2.84. The van der Waals surface area contributed by atoms with E-state index < -0.39 is 6.04 Å². The second-order valence-electron chi connectivity index (χ2n) is 5.72. The summed E-state index contributed by atoms with van der Waals surface area (Å²) >= 11 is 0. The molecule has 0 spiro atoms. The van der Waals surface area contributed by atoms with Gasteiger partial charge in [-0.05, 0) is 30.5 Å². The summed E-state index contributed by atoms with van der Waals surface area (Å²) in [7, 11) is 0. The maximum atomic E-state index is 11.7. The molecule has 0 radical (unpaired) electrons. The van der Waals surface area contributed by atoms with Crippen LogP contribution in [0.15, 0.2) is 54.6 Å². The van der Waals surface area contributed by atoms with Crippen LogP contribution in [0.2, 0.25) is 0 Å². The molecule has 0 saturated heterocycles. The third-order valence-electron chi connectivity index (χ3n) is 4.17. The quantitative estimate of drug-likeness (QED) is 0.655. The number of rotatable bonds is 6. The summed E-state index contributed by atoms with van der Waals surface area (Å²) in [4.78, 5) is 15.1. The highest BCUT2D eigenvalue weighted by Crippen LogP contribution is 2.22. The molecule has 0 saturated carbocycles. The minimum Gasteiger partial charge on any atom is -0.368 e. The number of benzene rings is 2. The van der Waals surface area contributed by atoms with E-state index in [2.05, 4.69) is 29.4 Å². The molecule has 1 amide bonds. The van der Waals surface area contributed by atoms with Gasteiger partial charge in [-0.25, -0.2) is 0 Å². The van der Waals surface area contributed by atoms with Crippen LogP contribution in [0.1, 0.15) is 22.9 Å². The molecule has 0 fully saturated rings. The molecule has 2 aromatic carbocycles. The van der Waals surface area contributed by atoms with E-state index in [1.165, 1.54) is 16.6 Å². The van der Waals surface area contributed by atoms with Crippen molar-refractivity contribution in [3.8, 4) is 0 Å². The first kappa shape index (κ1) is 15.3. The van der Waals surface area contributed by atoms with Crippen molar-refractivity contribution in [3.63, 3.8) is 0 Å². The van der Waals surface area contributed by atoms with Crippen molar-refractivity contribution in [2.24, 2.45) is 5.73 Å². The van der Waals surface area contributed by atoms with Gasteiger partial charge in [0.25, 0.3) is 0 Å². The standard InChI is InChI=1S/C19H21N3O/c1-13-15(16-9-5-6-10-17(16)22-13)11-12-21-18(19(20)23)14-7-3-2-4-8-14/h2-10,18,21-22H,11-12H2,1H3,(H2,20,23)/t18-/m1/s1. The van der Waals surface area contributed by atoms with Crippen LogP contribution in [-0.2, 0) is 11.2 Å². The second kappa shape index (κ2) is 6.67. The molecule has 1 heterocycles. The zero-order chi connectivity index (χ0) is 16.2. The summed E-state index contributed by atoms with van der Waals surface area (Å²) in [6.45, 7) is 2.77. The molecule has 1 atom stereocenters. The first-order chi connectivity index (χ1) is 11.2. The van der Waals surface area contributed by atoms with Gasteiger partial charge in [-0.3, -0.25) is 4.79 Å². The molecule has 23 heavy (non-hydrogen) atoms. The lowest BCUT2D eigenvalue weighted by molar-refractivity contribution is -0.120. The van der Waals surface area contributed by atoms with Crippen LogP contribution < -0.4 is 11.1 Å². The number of carbonyl (C=O) groups excluding carboxylic acids is 1. The number of aromatic nitrogens is 1. The van der Waals surface area contributed by atoms with E-state index in [0.29, 0.717) is 6.54 Å². The summed E-state index contributed by atoms with van der Waals surface area (Å²) in [5.74, 6) is -0.355. The smallest absolute Gasteiger partial charge is 0.239 e. The van der Waals surface area contributed by atoms with E-state index in [1.54, 1.807) is 0 Å². The SMILES string of the molecule is Cc1[nH]c2ccccc2c1CCN[C@@H](C(N)=O)c1ccccc1. The van der Waals surface area contributed by atoms with Crippen molar-refractivity contribution in [2.75, 3.05) is 6.54 Å². The van der Waals surface area contributed by atoms with Crippen molar-refractivity contribution in [2.45, 2.75) is 19.4 Å². The zero-order valence-corrected chi connectivity index (χ0v) is 13.2. The van der Waals surface area contributed by atoms with E-state index in [9.17, 15) is 4.79 Å². The molecule has 0 unspecified atom stereocenters. The van der Waals surface area contributed by atoms with Gasteiger partial charge in [0.1, 0.15) is 6.04 Å². The summed E-state index contributed by atoms with van der Waals surface area (Å²) in [6, 6.07) is 17.4. The summed E-state index contributed by atoms with van der Waals surface area (Å²) in [5.41, 5.74) is 10.0. The van der Waals surface area contributed by atoms with Gasteiger partial charge in [0, 0.05) is 23.1 Å². The highest BCUT2D eigenvalue weighted by Gasteiger charge is 2.17. The number of hydrogen-bond donors (Lipinski definition) is 3. The fourth-order valence-electron chi connectivity index (χ4n) is 3.03. The van der Waals surface area contributed by atoms with Crippen LogP contribution in [0.3, 0.4) is 0 Å². The predicted molar refractivity (Wildman–Crippen MR) is 93.1 cm³/mol. The highest BCUT2D eigenvalue weighted by molar-refractivity contribution is 5.84. The number of nitrogens with one attached hydrogen (secondary N) is 2. The van der Waals surface area contributed by atoms with Crippen LogP contribution in [0, 0.1) is 6.92 Å². The van der Waals surface area contributed by atoms with Gasteiger partial charge >= 0.3 is 0 Å². The molecule has 4 nitrogen and oxygen atoms in total. The number of aryl methyl sites for hydroxylation is 1. The van der Waals surface area contributed by atoms with Crippen LogP contribution in [0.4, 0.5) is 0 Å². The molecule has 1 aromatic heterocycles. The van der Waals surface area contributed by atoms with Gasteiger partial charge in [-0.2, -0.15) is 0 Å². The zero-order valence-electron chi connectivity index (χ0n) is 13.2. The van der Waals surface area contributed by atoms with Gasteiger partial charge in [-0.15, -0.1) is 0 Å². The first-order valence-electron chi connectivity index (χ1n) is 7.80. The van der Waals surface area contributed by atoms with E-state index in [1.807, 2.05) is 42.5 Å². The van der Waals surface area contributed by atoms with Gasteiger partial charge in [0.15, 0.2) is 0 Å². The number of aromatic amines is 1. The fraction of sp³-hybridized carbons (Fsp3) is 0.211. The fourth-order valence-corrected chi connectivity index (χ4v) is 3.03. The largest absolute Gasteiger partial charge is 0.368 e. The summed E-state index contributed by atoms with van der Waals surface area (Å²) in [5, 5.41) is 4.52. The van der Waals surface area contributed by atoms with Crippen LogP contribution in [0.5, 0.6) is 0 Å². The Morgan fingerprint density at radius 1 is 1.13 bits per heavy atom. The third-order valence-corrected chi connectivity index (χ3v) is 4.17. The monoisotopic (exact) mass is 307 g/mol. The Balaban J connectivity index is 1.72. The number of hydrogen-bond acceptors (Lipinski definition) is 2. The lowest BCUT2D eigenvalue weighted by Crippen LogP contribution is -2.34. The molecule has 4 N–H and O–H groups in total. The van der Waals surface area contributed by atoms with Crippen LogP contribution in [-0.4, -0.2) is 17.4 Å². The molecule has 4 heteroatoms. The number of fused-ring (bicyclic) bond motifs is 1. The van der Waals surface area contributed by atoms with E-state index in [0.717, 1.165) is 17.5 Å². The Morgan fingerprint density at radius 2 is 1.83 bits per heavy atom. The number of amides is 1. The maximum Gasteiger partial charge on any atom is 0.239 e. The third kappa shape index (κ3) is 3.27. The normalized spacial score (nSPS) is 12.4. The summed E-state index contributed by atoms with van der Waals surface area (Å²) in [6.07, 6.45) is 0.840. The van der Waals surface area contributed by atoms with Crippen molar-refractivity contribution in [1.82, 2.24) is 10.3 Å². The second-order valence-corrected chi connectivity index (χ2v) is 5.72. The van der Waals surface area contributed by atoms with Gasteiger partial charge in [0.05, 0.1) is 0 Å². The Labute approximate surface area is 135 Å². The average molecular weight is 307 g/mol. The Bertz CT molecular complexity index is 808. The topological polar surface area (TPSA) is 70.9 Å². The maximum absolute atomic E-state index is 11.7. The van der Waals surface area contributed by atoms with Crippen molar-refractivity contribution in [3.05, 3.63) is 71.4 Å². The molecular formula is C19H21N3O. The van der Waals surface area contributed by atoms with Gasteiger partial charge in [-0.1, -0.05) is 48.5 Å². The molecule has 0 aliphatic heterocycles. The van der Waals surface area contributed by atoms with Crippen LogP contribution >= 0.6 is 0 Å². The van der Waals surface area contributed by atoms with Gasteiger partial charge in [0.2, 0.25) is 5.91 Å². The van der Waals surface area contributed by atoms with Gasteiger partial charge < -0.3 is 16.0 Å². The molecule has 118 valence electrons. The molecule has 0 bridgehead atoms. The molecular weight excluding hydrogens is 286 g/mol. The lowest BCUT2D eigenvalue weighted by atomic mass is 10.0. The number of nitrogens with two attached hydrogens (primary N) is 1. The number of carbonyl (C=O) groups is 1. The minimum atomic E-state index is -0.457. The van der Waals surface area contributed by atoms with Crippen molar-refractivity contribution < 1.29 is 4.79 Å². The van der Waals surface area contributed by atoms with Crippen molar-refractivity contribution >= 4 is 16.8 Å². The molecule has 0 aliphatic carbocycles. The molecule has 0 aliphatic rings. The minimum absolute atomic E-state index is 0.355. The summed E-state index contributed by atoms with van der Waals surface area (Å²) < 4.78 is 0. The van der Waals surface area contributed by atoms with Crippen molar-refractivity contribution in [1.29, 1.82) is 0 Å². The first-order valence-corrected chi connectivity index (χ1v) is 7.80. The molecule has 3 rings (SSSR count). The Hall–Kier alpha value is -2.59. The number of primary amides is 1. The number of para-hydroxylation sites is 1. The average Bonchev–Trinajstić information content (AvgIpc) is 2.87. The molecule has 3 aromatic rings. The lowest BCUT2D eigenvalue weighted by Gasteiger charge is -2.15. The van der Waals surface area contributed by atoms with E-state index in [-0.39, 0.29) is 5.91 Å². The number of H-pyrrole nitrogens is 1. The Kier molecular flexibility index (Phi) is 4.44. The van der Waals surface area contributed by atoms with Crippen LogP contribution in [0.25, 0.3) is 10.9 Å². The van der Waals surface area contributed by atoms with E-state index in [4.69, 9.17) is 5.73 Å².